The van der Waals surface area contributed by atoms with Crippen LogP contribution in [-0.2, 0) is 40.5 Å². The molecule has 0 spiro atoms. The summed E-state index contributed by atoms with van der Waals surface area (Å²) in [4.78, 5) is 43.7. The van der Waals surface area contributed by atoms with Crippen LogP contribution in [0.15, 0.2) is 173 Å². The number of aliphatic hydroxyl groups excluding tert-OH is 2. The molecule has 32 nitrogen and oxygen atoms in total. The number of rotatable bonds is 16. The molecule has 0 amide bonds. The smallest absolute Gasteiger partial charge is 0.295 e. The third-order valence-corrected chi connectivity index (χ3v) is 15.9. The molecule has 93 heavy (non-hydrogen) atoms. The topological polar surface area (TPSA) is 489 Å². The van der Waals surface area contributed by atoms with Crippen LogP contribution in [0.5, 0.6) is 11.5 Å². The summed E-state index contributed by atoms with van der Waals surface area (Å²) in [5.74, 6) is -0.856. The first-order valence-corrected chi connectivity index (χ1v) is 31.2. The van der Waals surface area contributed by atoms with E-state index in [1.807, 2.05) is 0 Å². The van der Waals surface area contributed by atoms with Crippen molar-refractivity contribution in [2.75, 3.05) is 14.2 Å². The summed E-state index contributed by atoms with van der Waals surface area (Å²) in [6.45, 7) is 4.29. The van der Waals surface area contributed by atoms with Crippen molar-refractivity contribution in [1.29, 1.82) is 0 Å². The summed E-state index contributed by atoms with van der Waals surface area (Å²) in [5.41, 5.74) is -0.0950. The maximum Gasteiger partial charge on any atom is 0.295 e. The van der Waals surface area contributed by atoms with E-state index in [2.05, 4.69) is 80.3 Å². The van der Waals surface area contributed by atoms with Gasteiger partial charge in [0.25, 0.3) is 40.5 Å². The molecule has 10 N–H and O–H groups in total. The number of fused-ring (bicyclic) bond motifs is 2. The van der Waals surface area contributed by atoms with Gasteiger partial charge in [0.2, 0.25) is 33.0 Å². The second-order valence-corrected chi connectivity index (χ2v) is 24.6. The molecule has 9 rings (SSSR count). The number of benzene rings is 7. The molecule has 0 atom stereocenters. The van der Waals surface area contributed by atoms with Gasteiger partial charge < -0.3 is 29.7 Å². The predicted octanol–water partition coefficient (Wildman–Crippen LogP) is 8.17. The van der Waals surface area contributed by atoms with Crippen molar-refractivity contribution in [3.8, 4) is 11.5 Å². The summed E-state index contributed by atoms with van der Waals surface area (Å²) >= 11 is 12.9. The van der Waals surface area contributed by atoms with Crippen molar-refractivity contribution in [3.05, 3.63) is 142 Å². The van der Waals surface area contributed by atoms with Crippen molar-refractivity contribution in [1.82, 2.24) is 29.9 Å². The van der Waals surface area contributed by atoms with E-state index in [1.54, 1.807) is 25.1 Å². The van der Waals surface area contributed by atoms with Crippen molar-refractivity contribution in [2.24, 2.45) is 50.4 Å². The molecule has 7 aromatic carbocycles. The molecule has 464 valence electrons. The van der Waals surface area contributed by atoms with Crippen LogP contribution >= 0.6 is 23.2 Å². The first-order valence-electron chi connectivity index (χ1n) is 24.6. The number of nitrogens with zero attached hydrogens (tertiary/aromatic N) is 12. The van der Waals surface area contributed by atoms with Crippen LogP contribution in [-0.4, -0.2) is 236 Å². The zero-order valence-electron chi connectivity index (χ0n) is 49.8. The third-order valence-electron chi connectivity index (χ3n) is 11.9. The maximum atomic E-state index is 12.4. The van der Waals surface area contributed by atoms with Crippen LogP contribution in [0.1, 0.15) is 19.4 Å². The van der Waals surface area contributed by atoms with Crippen molar-refractivity contribution < 1.29 is 71.6 Å². The van der Waals surface area contributed by atoms with Gasteiger partial charge in [0.05, 0.1) is 48.3 Å². The monoisotopic (exact) mass is 1420 g/mol. The number of hydrogen-bond acceptors (Lipinski definition) is 22. The van der Waals surface area contributed by atoms with Crippen molar-refractivity contribution in [3.63, 3.8) is 0 Å². The minimum absolute atomic E-state index is 0. The maximum absolute atomic E-state index is 12.4. The Kier molecular flexibility index (Phi) is 26.7. The predicted molar refractivity (Wildman–Crippen MR) is 343 cm³/mol. The standard InChI is InChI=1S/C51H42Cl2N16O16S4.4Na/c1-23-12-13-32(56-48-60-46(52)62-50(64-48)58-38-19-34(54-24(2)70)36(21-40(38)84-4)68-66-26-15-30-28(44(17-26)88(78,79)80)8-6-10-42(30)86(72,73)74)33(14-23)57-49-61-47(53)63-51(65-49)59-39-20-35(55-25(3)71)37(22-41(39)85-5)69-67-27-16-31-29(45(18-27)89(81,82)83)9-7-11-43(31)87(75,76)77;;;;/h6-22H,1-5H3,(H,54,70)(H,55,71)(H,72,73,74)(H,75,76,77)(H,78,79,80)(H,81,82,83)(H2,56,58,60,62,64)(H2,57,59,61,63,65);;;;. The molecule has 0 unspecified atom stereocenters. The minimum atomic E-state index is -4.99. The Morgan fingerprint density at radius 3 is 1.18 bits per heavy atom. The van der Waals surface area contributed by atoms with Gasteiger partial charge in [-0.3, -0.25) is 28.2 Å². The van der Waals surface area contributed by atoms with E-state index in [0.717, 1.165) is 42.0 Å². The van der Waals surface area contributed by atoms with Gasteiger partial charge in [-0.2, -0.15) is 53.9 Å². The van der Waals surface area contributed by atoms with Gasteiger partial charge in [-0.15, -0.1) is 10.2 Å². The number of aryl methyl sites for hydroxylation is 1. The Hall–Kier alpha value is -5.76. The molecule has 0 saturated heterocycles. The summed E-state index contributed by atoms with van der Waals surface area (Å²) in [7, 11) is -17.2. The Bertz CT molecular complexity index is 5380. The van der Waals surface area contributed by atoms with Crippen LogP contribution < -0.4 is 31.9 Å². The van der Waals surface area contributed by atoms with Crippen LogP contribution in [0.3, 0.4) is 0 Å². The van der Waals surface area contributed by atoms with E-state index < -0.39 is 71.8 Å². The van der Waals surface area contributed by atoms with Gasteiger partial charge in [-0.1, -0.05) is 30.3 Å². The molecule has 2 heterocycles. The van der Waals surface area contributed by atoms with Gasteiger partial charge in [-0.25, -0.2) is 30.0 Å². The van der Waals surface area contributed by atoms with Gasteiger partial charge in [0.1, 0.15) is 53.8 Å². The second kappa shape index (κ2) is 31.9. The first-order chi connectivity index (χ1) is 41.8. The fourth-order valence-corrected chi connectivity index (χ4v) is 11.6. The Morgan fingerprint density at radius 2 is 0.817 bits per heavy atom. The van der Waals surface area contributed by atoms with Crippen molar-refractivity contribution >= 4 is 272 Å². The number of H-pyrrole nitrogens is 4. The number of nitrogens with one attached hydrogen (secondary N) is 4. The van der Waals surface area contributed by atoms with E-state index in [9.17, 15) is 62.1 Å². The van der Waals surface area contributed by atoms with Gasteiger partial charge >= 0.3 is 0 Å². The minimum Gasteiger partial charge on any atom is -0.497 e. The molecule has 0 bridgehead atoms. The molecule has 0 aliphatic rings. The summed E-state index contributed by atoms with van der Waals surface area (Å²) < 4.78 is 150. The average molecular weight is 1430 g/mol. The largest absolute Gasteiger partial charge is 0.497 e. The molecule has 9 aromatic rings. The molecule has 0 fully saturated rings. The van der Waals surface area contributed by atoms with Crippen LogP contribution in [0.2, 0.25) is 10.6 Å². The quantitative estimate of drug-likeness (QED) is 0.0143. The van der Waals surface area contributed by atoms with Crippen LogP contribution in [0.25, 0.3) is 21.5 Å². The van der Waals surface area contributed by atoms with Crippen LogP contribution in [0.4, 0.5) is 56.9 Å². The molecule has 0 aliphatic heterocycles. The summed E-state index contributed by atoms with van der Waals surface area (Å²) in [6.07, 6.45) is 0. The Balaban J connectivity index is 0.00000392. The number of aliphatic imine (C=N–C) groups is 2. The molecule has 0 aliphatic carbocycles. The number of hydrogen-bond donors (Lipinski definition) is 10. The van der Waals surface area contributed by atoms with E-state index in [4.69, 9.17) is 32.7 Å². The van der Waals surface area contributed by atoms with Gasteiger partial charge in [0, 0.05) is 166 Å². The molecule has 4 radical (unpaired) electrons. The van der Waals surface area contributed by atoms with E-state index in [-0.39, 0.29) is 241 Å². The SMILES string of the molecule is COc1cc(N=Nc2cc(S(=O)(=O)O)c3cccc(S(=O)(=O)O)c3c2)c(N=C(C)O)cc1N=c1[nH]c(Cl)nc(=Nc2ccc(C)cc2N=c2nc(Cl)[nH]c(=Nc3cc(N=C(C)O)c(N=Nc4cc(S(=O)(=O)O)c5cccc(S(=O)(=O)O)c5c4)cc3OC)[nH]2)[nH]1.[Na].[Na].[Na].[Na]. The summed E-state index contributed by atoms with van der Waals surface area (Å²) in [5, 5.41) is 35.5. The molecular formula is C51H42Cl2N16Na4O16S4. The number of aromatic nitrogens is 6. The fraction of sp³-hybridized carbons (Fsp3) is 0.0980. The first kappa shape index (κ1) is 77.9. The number of ether oxygens (including phenoxy) is 2. The van der Waals surface area contributed by atoms with Crippen LogP contribution in [0, 0.1) is 6.92 Å². The zero-order chi connectivity index (χ0) is 64.5. The zero-order valence-corrected chi connectivity index (χ0v) is 62.6. The number of aromatic amines is 4. The number of halogens is 2. The van der Waals surface area contributed by atoms with E-state index >= 15 is 0 Å². The normalized spacial score (nSPS) is 13.3. The molecule has 2 aromatic heterocycles. The second-order valence-electron chi connectivity index (χ2n) is 18.3. The number of methoxy groups -OCH3 is 2. The average Bonchev–Trinajstić information content (AvgIpc) is 1.50. The fourth-order valence-electron chi connectivity index (χ4n) is 8.39. The third kappa shape index (κ3) is 19.5. The van der Waals surface area contributed by atoms with E-state index in [0.29, 0.717) is 0 Å². The van der Waals surface area contributed by atoms with E-state index in [1.165, 1.54) is 76.6 Å². The Morgan fingerprint density at radius 1 is 0.430 bits per heavy atom. The molecule has 0 saturated carbocycles. The molecular weight excluding hydrogens is 1380 g/mol. The summed E-state index contributed by atoms with van der Waals surface area (Å²) in [6, 6.07) is 21.1. The number of aliphatic hydroxyl groups is 2. The Labute approximate surface area is 624 Å². The number of azo groups is 2. The van der Waals surface area contributed by atoms with Gasteiger partial charge in [-0.05, 0) is 96.4 Å². The van der Waals surface area contributed by atoms with Gasteiger partial charge in [0.15, 0.2) is 11.8 Å². The molecule has 42 heteroatoms. The van der Waals surface area contributed by atoms with Crippen molar-refractivity contribution in [2.45, 2.75) is 40.4 Å².